The van der Waals surface area contributed by atoms with Crippen LogP contribution in [0.15, 0.2) is 36.4 Å². The number of aryl methyl sites for hydroxylation is 1. The molecular formula is C17H21NO3. The predicted octanol–water partition coefficient (Wildman–Crippen LogP) is 2.84. The molecule has 1 aliphatic rings. The van der Waals surface area contributed by atoms with E-state index >= 15 is 0 Å². The number of nitrogens with one attached hydrogen (secondary N) is 1. The Labute approximate surface area is 124 Å². The third-order valence-corrected chi connectivity index (χ3v) is 4.10. The van der Waals surface area contributed by atoms with Gasteiger partial charge in [-0.15, -0.1) is 0 Å². The van der Waals surface area contributed by atoms with E-state index < -0.39 is 17.8 Å². The molecule has 1 aromatic carbocycles. The van der Waals surface area contributed by atoms with Gasteiger partial charge in [0.25, 0.3) is 0 Å². The molecule has 1 aliphatic carbocycles. The summed E-state index contributed by atoms with van der Waals surface area (Å²) in [6.07, 6.45) is 4.64. The maximum Gasteiger partial charge on any atom is 0.307 e. The number of benzene rings is 1. The van der Waals surface area contributed by atoms with Gasteiger partial charge in [-0.25, -0.2) is 0 Å². The normalized spacial score (nSPS) is 22.6. The zero-order valence-corrected chi connectivity index (χ0v) is 12.4. The van der Waals surface area contributed by atoms with Crippen LogP contribution in [0.5, 0.6) is 0 Å². The molecule has 0 saturated carbocycles. The average molecular weight is 287 g/mol. The first-order valence-corrected chi connectivity index (χ1v) is 7.24. The fourth-order valence-electron chi connectivity index (χ4n) is 2.85. The Hall–Kier alpha value is -2.10. The van der Waals surface area contributed by atoms with Crippen LogP contribution in [0.1, 0.15) is 36.9 Å². The molecule has 0 spiro atoms. The zero-order chi connectivity index (χ0) is 15.4. The Bertz CT molecular complexity index is 565. The maximum atomic E-state index is 12.4. The summed E-state index contributed by atoms with van der Waals surface area (Å²) in [5.41, 5.74) is 2.17. The van der Waals surface area contributed by atoms with Crippen LogP contribution in [0, 0.1) is 18.8 Å². The molecule has 0 saturated heterocycles. The summed E-state index contributed by atoms with van der Waals surface area (Å²) in [4.78, 5) is 23.7. The minimum absolute atomic E-state index is 0.126. The van der Waals surface area contributed by atoms with Crippen molar-refractivity contribution in [1.82, 2.24) is 5.32 Å². The number of allylic oxidation sites excluding steroid dienone is 2. The number of carbonyl (C=O) groups excluding carboxylic acids is 1. The number of hydrogen-bond donors (Lipinski definition) is 2. The Morgan fingerprint density at radius 3 is 2.43 bits per heavy atom. The van der Waals surface area contributed by atoms with Crippen LogP contribution in [-0.2, 0) is 9.59 Å². The molecule has 4 nitrogen and oxygen atoms in total. The lowest BCUT2D eigenvalue weighted by Crippen LogP contribution is -2.39. The van der Waals surface area contributed by atoms with Crippen LogP contribution in [0.3, 0.4) is 0 Å². The molecule has 1 aromatic rings. The molecule has 0 radical (unpaired) electrons. The van der Waals surface area contributed by atoms with E-state index in [1.165, 1.54) is 0 Å². The van der Waals surface area contributed by atoms with Crippen molar-refractivity contribution in [3.63, 3.8) is 0 Å². The first-order chi connectivity index (χ1) is 10.0. The van der Waals surface area contributed by atoms with Crippen molar-refractivity contribution < 1.29 is 14.7 Å². The lowest BCUT2D eigenvalue weighted by atomic mass is 9.82. The number of carboxylic acid groups (broad SMARTS) is 1. The monoisotopic (exact) mass is 287 g/mol. The minimum Gasteiger partial charge on any atom is -0.481 e. The van der Waals surface area contributed by atoms with Gasteiger partial charge in [0.2, 0.25) is 5.91 Å². The highest BCUT2D eigenvalue weighted by molar-refractivity contribution is 5.85. The molecule has 4 heteroatoms. The van der Waals surface area contributed by atoms with Gasteiger partial charge in [-0.05, 0) is 37.8 Å². The van der Waals surface area contributed by atoms with Crippen molar-refractivity contribution in [3.8, 4) is 0 Å². The second kappa shape index (κ2) is 6.57. The molecular weight excluding hydrogens is 266 g/mol. The van der Waals surface area contributed by atoms with Crippen molar-refractivity contribution in [2.45, 2.75) is 32.7 Å². The summed E-state index contributed by atoms with van der Waals surface area (Å²) < 4.78 is 0. The van der Waals surface area contributed by atoms with Gasteiger partial charge in [0.1, 0.15) is 0 Å². The molecule has 1 amide bonds. The highest BCUT2D eigenvalue weighted by Crippen LogP contribution is 2.27. The van der Waals surface area contributed by atoms with Gasteiger partial charge in [-0.3, -0.25) is 9.59 Å². The van der Waals surface area contributed by atoms with Gasteiger partial charge in [-0.1, -0.05) is 36.4 Å². The molecule has 0 aliphatic heterocycles. The van der Waals surface area contributed by atoms with Gasteiger partial charge in [-0.2, -0.15) is 0 Å². The lowest BCUT2D eigenvalue weighted by molar-refractivity contribution is -0.147. The highest BCUT2D eigenvalue weighted by Gasteiger charge is 2.34. The van der Waals surface area contributed by atoms with Gasteiger partial charge in [0.15, 0.2) is 0 Å². The van der Waals surface area contributed by atoms with Gasteiger partial charge in [0, 0.05) is 0 Å². The van der Waals surface area contributed by atoms with E-state index in [-0.39, 0.29) is 11.9 Å². The maximum absolute atomic E-state index is 12.4. The van der Waals surface area contributed by atoms with Crippen LogP contribution in [0.4, 0.5) is 0 Å². The summed E-state index contributed by atoms with van der Waals surface area (Å²) in [7, 11) is 0. The van der Waals surface area contributed by atoms with Gasteiger partial charge < -0.3 is 10.4 Å². The molecule has 112 valence electrons. The second-order valence-electron chi connectivity index (χ2n) is 5.58. The number of amides is 1. The molecule has 0 unspecified atom stereocenters. The molecule has 3 atom stereocenters. The van der Waals surface area contributed by atoms with Crippen LogP contribution in [0.2, 0.25) is 0 Å². The fourth-order valence-corrected chi connectivity index (χ4v) is 2.85. The third kappa shape index (κ3) is 3.51. The Balaban J connectivity index is 2.08. The fraction of sp³-hybridized carbons (Fsp3) is 0.412. The standard InChI is InChI=1S/C17H21NO3/c1-11-7-3-4-8-13(11)12(2)18-16(19)14-9-5-6-10-15(14)17(20)21/h3-8,12,14-15H,9-10H2,1-2H3,(H,18,19)(H,20,21)/t12-,14-,15+/m1/s1. The zero-order valence-electron chi connectivity index (χ0n) is 12.4. The number of carboxylic acids is 1. The molecule has 0 aromatic heterocycles. The smallest absolute Gasteiger partial charge is 0.307 e. The Kier molecular flexibility index (Phi) is 4.78. The van der Waals surface area contributed by atoms with E-state index in [0.29, 0.717) is 12.8 Å². The van der Waals surface area contributed by atoms with Crippen LogP contribution in [0.25, 0.3) is 0 Å². The summed E-state index contributed by atoms with van der Waals surface area (Å²) in [6.45, 7) is 3.93. The largest absolute Gasteiger partial charge is 0.481 e. The molecule has 21 heavy (non-hydrogen) atoms. The van der Waals surface area contributed by atoms with Crippen molar-refractivity contribution in [2.24, 2.45) is 11.8 Å². The van der Waals surface area contributed by atoms with Gasteiger partial charge >= 0.3 is 5.97 Å². The Morgan fingerprint density at radius 2 is 1.81 bits per heavy atom. The van der Waals surface area contributed by atoms with Crippen molar-refractivity contribution in [2.75, 3.05) is 0 Å². The van der Waals surface area contributed by atoms with Crippen LogP contribution < -0.4 is 5.32 Å². The second-order valence-corrected chi connectivity index (χ2v) is 5.58. The van der Waals surface area contributed by atoms with E-state index in [4.69, 9.17) is 0 Å². The van der Waals surface area contributed by atoms with Crippen LogP contribution >= 0.6 is 0 Å². The molecule has 2 N–H and O–H groups in total. The van der Waals surface area contributed by atoms with E-state index in [9.17, 15) is 14.7 Å². The summed E-state index contributed by atoms with van der Waals surface area (Å²) in [6, 6.07) is 7.75. The lowest BCUT2D eigenvalue weighted by Gasteiger charge is -2.26. The average Bonchev–Trinajstić information content (AvgIpc) is 2.47. The SMILES string of the molecule is Cc1ccccc1[C@@H](C)NC(=O)[C@@H]1CC=CC[C@@H]1C(=O)O. The first-order valence-electron chi connectivity index (χ1n) is 7.24. The van der Waals surface area contributed by atoms with Crippen LogP contribution in [-0.4, -0.2) is 17.0 Å². The molecule has 0 bridgehead atoms. The minimum atomic E-state index is -0.900. The molecule has 0 fully saturated rings. The summed E-state index contributed by atoms with van der Waals surface area (Å²) >= 11 is 0. The summed E-state index contributed by atoms with van der Waals surface area (Å²) in [5, 5.41) is 12.2. The van der Waals surface area contributed by atoms with Crippen molar-refractivity contribution in [3.05, 3.63) is 47.5 Å². The predicted molar refractivity (Wildman–Crippen MR) is 80.7 cm³/mol. The first kappa shape index (κ1) is 15.3. The number of carbonyl (C=O) groups is 2. The van der Waals surface area contributed by atoms with Crippen molar-refractivity contribution >= 4 is 11.9 Å². The van der Waals surface area contributed by atoms with E-state index in [1.807, 2.05) is 50.3 Å². The van der Waals surface area contributed by atoms with E-state index in [1.54, 1.807) is 0 Å². The topological polar surface area (TPSA) is 66.4 Å². The van der Waals surface area contributed by atoms with Gasteiger partial charge in [0.05, 0.1) is 17.9 Å². The van der Waals surface area contributed by atoms with Crippen molar-refractivity contribution in [1.29, 1.82) is 0 Å². The number of rotatable bonds is 4. The third-order valence-electron chi connectivity index (χ3n) is 4.10. The molecule has 2 rings (SSSR count). The number of hydrogen-bond acceptors (Lipinski definition) is 2. The van der Waals surface area contributed by atoms with E-state index in [0.717, 1.165) is 11.1 Å². The summed E-state index contributed by atoms with van der Waals surface area (Å²) in [5.74, 6) is -2.19. The highest BCUT2D eigenvalue weighted by atomic mass is 16.4. The Morgan fingerprint density at radius 1 is 1.19 bits per heavy atom. The molecule has 0 heterocycles. The quantitative estimate of drug-likeness (QED) is 0.837. The van der Waals surface area contributed by atoms with E-state index in [2.05, 4.69) is 5.32 Å². The number of aliphatic carboxylic acids is 1.